The third-order valence-electron chi connectivity index (χ3n) is 10.2. The smallest absolute Gasteiger partial charge is 0.410 e. The van der Waals surface area contributed by atoms with Crippen LogP contribution in [0.3, 0.4) is 0 Å². The Bertz CT molecular complexity index is 1230. The number of urea groups is 1. The van der Waals surface area contributed by atoms with Crippen LogP contribution in [0.5, 0.6) is 0 Å². The Morgan fingerprint density at radius 1 is 0.935 bits per heavy atom. The summed E-state index contributed by atoms with van der Waals surface area (Å²) in [5, 5.41) is 8.59. The van der Waals surface area contributed by atoms with Crippen molar-refractivity contribution < 1.29 is 33.5 Å². The summed E-state index contributed by atoms with van der Waals surface area (Å²) in [5.74, 6) is -2.60. The van der Waals surface area contributed by atoms with Crippen LogP contribution in [0.2, 0.25) is 0 Å². The van der Waals surface area contributed by atoms with Crippen LogP contribution in [0.4, 0.5) is 9.59 Å². The molecule has 258 valence electrons. The van der Waals surface area contributed by atoms with Gasteiger partial charge in [-0.2, -0.15) is 0 Å². The fourth-order valence-electron chi connectivity index (χ4n) is 7.30. The van der Waals surface area contributed by atoms with E-state index in [-0.39, 0.29) is 41.7 Å². The molecule has 6 atom stereocenters. The number of rotatable bonds is 9. The molecule has 2 heterocycles. The second kappa shape index (κ2) is 13.0. The summed E-state index contributed by atoms with van der Waals surface area (Å²) in [4.78, 5) is 81.7. The monoisotopic (exact) mass is 646 g/mol. The van der Waals surface area contributed by atoms with E-state index in [1.54, 1.807) is 25.7 Å². The van der Waals surface area contributed by atoms with E-state index in [2.05, 4.69) is 29.8 Å². The molecule has 0 aromatic heterocycles. The minimum atomic E-state index is -1.09. The summed E-state index contributed by atoms with van der Waals surface area (Å²) in [5.41, 5.74) is 3.80. The van der Waals surface area contributed by atoms with Crippen molar-refractivity contribution in [3.8, 4) is 0 Å². The number of nitrogens with zero attached hydrogens (tertiary/aromatic N) is 2. The van der Waals surface area contributed by atoms with Gasteiger partial charge in [-0.3, -0.25) is 19.2 Å². The summed E-state index contributed by atoms with van der Waals surface area (Å²) in [7, 11) is 0. The van der Waals surface area contributed by atoms with Gasteiger partial charge in [0.2, 0.25) is 17.6 Å². The molecule has 2 unspecified atom stereocenters. The highest BCUT2D eigenvalue weighted by atomic mass is 16.6. The maximum absolute atomic E-state index is 14.2. The lowest BCUT2D eigenvalue weighted by Crippen LogP contribution is -2.62. The molecule has 0 aromatic rings. The van der Waals surface area contributed by atoms with Crippen LogP contribution < -0.4 is 21.7 Å². The van der Waals surface area contributed by atoms with E-state index in [0.717, 1.165) is 19.3 Å². The number of carbonyl (C=O) groups is 6. The van der Waals surface area contributed by atoms with Crippen molar-refractivity contribution in [1.29, 1.82) is 0 Å². The first-order valence-electron chi connectivity index (χ1n) is 16.7. The standard InChI is InChI=1S/C33H54N6O7/c1-31(2,3)25(37-29(44)35-19-13-10-14-38(16-19)30(45)46-32(4,5)6)28(43)39-17-20-22(33(20,7)8)23(39)27(42)36-21(24(40)26(34)41)15-18-11-9-12-18/h18-23,25H,9-17H2,1-8H3,(H2,34,41)(H,36,42)(H2,35,37,44)/t19?,20-,21?,22-,23-,25+/m0/s1. The molecule has 0 aromatic carbocycles. The second-order valence-electron chi connectivity index (χ2n) is 16.4. The molecule has 2 aliphatic heterocycles. The third-order valence-corrected chi connectivity index (χ3v) is 10.2. The van der Waals surface area contributed by atoms with Gasteiger partial charge in [-0.05, 0) is 68.6 Å². The lowest BCUT2D eigenvalue weighted by atomic mass is 9.80. The fourth-order valence-corrected chi connectivity index (χ4v) is 7.30. The quantitative estimate of drug-likeness (QED) is 0.278. The molecule has 2 saturated heterocycles. The van der Waals surface area contributed by atoms with Gasteiger partial charge in [-0.1, -0.05) is 53.9 Å². The SMILES string of the molecule is CC(C)(C)OC(=O)N1CCCC(NC(=O)N[C@H](C(=O)N2C[C@H]3[C@@H]([C@H]2C(=O)NC(CC2CCC2)C(=O)C(N)=O)C3(C)C)C(C)(C)C)C1. The van der Waals surface area contributed by atoms with Crippen molar-refractivity contribution in [2.24, 2.45) is 34.3 Å². The van der Waals surface area contributed by atoms with Gasteiger partial charge in [0, 0.05) is 25.7 Å². The molecule has 0 spiro atoms. The first-order valence-corrected chi connectivity index (χ1v) is 16.7. The summed E-state index contributed by atoms with van der Waals surface area (Å²) < 4.78 is 5.49. The van der Waals surface area contributed by atoms with E-state index in [9.17, 15) is 28.8 Å². The van der Waals surface area contributed by atoms with Gasteiger partial charge in [0.05, 0.1) is 6.04 Å². The Morgan fingerprint density at radius 3 is 2.13 bits per heavy atom. The van der Waals surface area contributed by atoms with Gasteiger partial charge >= 0.3 is 12.1 Å². The summed E-state index contributed by atoms with van der Waals surface area (Å²) in [6.45, 7) is 16.2. The van der Waals surface area contributed by atoms with Crippen LogP contribution in [-0.4, -0.2) is 94.8 Å². The number of amides is 6. The van der Waals surface area contributed by atoms with Gasteiger partial charge in [0.15, 0.2) is 0 Å². The van der Waals surface area contributed by atoms with E-state index in [1.807, 2.05) is 20.8 Å². The molecule has 13 heteroatoms. The predicted molar refractivity (Wildman–Crippen MR) is 170 cm³/mol. The zero-order valence-electron chi connectivity index (χ0n) is 28.7. The highest BCUT2D eigenvalue weighted by Crippen LogP contribution is 2.65. The zero-order valence-corrected chi connectivity index (χ0v) is 28.7. The molecule has 5 N–H and O–H groups in total. The van der Waals surface area contributed by atoms with Crippen LogP contribution in [0, 0.1) is 28.6 Å². The van der Waals surface area contributed by atoms with Crippen LogP contribution >= 0.6 is 0 Å². The summed E-state index contributed by atoms with van der Waals surface area (Å²) >= 11 is 0. The van der Waals surface area contributed by atoms with Gasteiger partial charge < -0.3 is 36.2 Å². The molecule has 0 bridgehead atoms. The van der Waals surface area contributed by atoms with E-state index >= 15 is 0 Å². The highest BCUT2D eigenvalue weighted by Gasteiger charge is 2.70. The number of piperidine rings is 2. The Labute approximate surface area is 272 Å². The summed E-state index contributed by atoms with van der Waals surface area (Å²) in [6.07, 6.45) is 4.14. The molecule has 6 amide bonds. The first kappa shape index (κ1) is 35.5. The van der Waals surface area contributed by atoms with Gasteiger partial charge in [-0.15, -0.1) is 0 Å². The lowest BCUT2D eigenvalue weighted by molar-refractivity contribution is -0.145. The number of fused-ring (bicyclic) bond motifs is 1. The predicted octanol–water partition coefficient (Wildman–Crippen LogP) is 2.31. The number of ether oxygens (including phenoxy) is 1. The average molecular weight is 647 g/mol. The van der Waals surface area contributed by atoms with Crippen molar-refractivity contribution in [3.05, 3.63) is 0 Å². The molecular formula is C33H54N6O7. The molecule has 4 fully saturated rings. The Hall–Kier alpha value is -3.38. The maximum Gasteiger partial charge on any atom is 0.410 e. The maximum atomic E-state index is 14.2. The van der Waals surface area contributed by atoms with Crippen molar-refractivity contribution in [3.63, 3.8) is 0 Å². The number of carbonyl (C=O) groups excluding carboxylic acids is 6. The number of Topliss-reactive ketones (excluding diaryl/α,β-unsaturated/α-hetero) is 1. The largest absolute Gasteiger partial charge is 0.444 e. The topological polar surface area (TPSA) is 180 Å². The fraction of sp³-hybridized carbons (Fsp3) is 0.818. The average Bonchev–Trinajstić information content (AvgIpc) is 3.23. The molecule has 2 saturated carbocycles. The van der Waals surface area contributed by atoms with Crippen LogP contribution in [0.1, 0.15) is 93.9 Å². The minimum Gasteiger partial charge on any atom is -0.444 e. The number of hydrogen-bond donors (Lipinski definition) is 4. The lowest BCUT2D eigenvalue weighted by Gasteiger charge is -2.39. The zero-order chi connectivity index (χ0) is 34.4. The first-order chi connectivity index (χ1) is 21.2. The van der Waals surface area contributed by atoms with E-state index in [1.165, 1.54) is 4.90 Å². The Kier molecular flexibility index (Phi) is 10.0. The number of nitrogens with two attached hydrogens (primary N) is 1. The molecular weight excluding hydrogens is 592 g/mol. The number of likely N-dealkylation sites (tertiary alicyclic amines) is 2. The van der Waals surface area contributed by atoms with Gasteiger partial charge in [0.1, 0.15) is 17.7 Å². The van der Waals surface area contributed by atoms with Crippen LogP contribution in [0.25, 0.3) is 0 Å². The number of ketones is 1. The third kappa shape index (κ3) is 7.94. The highest BCUT2D eigenvalue weighted by molar-refractivity contribution is 6.37. The number of nitrogens with one attached hydrogen (secondary N) is 3. The second-order valence-corrected chi connectivity index (χ2v) is 16.4. The van der Waals surface area contributed by atoms with Crippen molar-refractivity contribution >= 4 is 35.6 Å². The van der Waals surface area contributed by atoms with Crippen LogP contribution in [-0.2, 0) is 23.9 Å². The van der Waals surface area contributed by atoms with Crippen molar-refractivity contribution in [2.75, 3.05) is 19.6 Å². The molecule has 13 nitrogen and oxygen atoms in total. The van der Waals surface area contributed by atoms with E-state index in [4.69, 9.17) is 10.5 Å². The normalized spacial score (nSPS) is 27.0. The van der Waals surface area contributed by atoms with Gasteiger partial charge in [0.25, 0.3) is 5.91 Å². The minimum absolute atomic E-state index is 0.0830. The van der Waals surface area contributed by atoms with E-state index < -0.39 is 58.9 Å². The number of hydrogen-bond acceptors (Lipinski definition) is 7. The molecule has 2 aliphatic carbocycles. The Morgan fingerprint density at radius 2 is 1.59 bits per heavy atom. The van der Waals surface area contributed by atoms with E-state index in [0.29, 0.717) is 32.4 Å². The molecule has 4 aliphatic rings. The van der Waals surface area contributed by atoms with Crippen LogP contribution in [0.15, 0.2) is 0 Å². The Balaban J connectivity index is 1.46. The van der Waals surface area contributed by atoms with Crippen molar-refractivity contribution in [2.45, 2.75) is 124 Å². The van der Waals surface area contributed by atoms with Crippen molar-refractivity contribution in [1.82, 2.24) is 25.8 Å². The number of primary amides is 1. The molecule has 46 heavy (non-hydrogen) atoms. The summed E-state index contributed by atoms with van der Waals surface area (Å²) in [6, 6.07) is -3.72. The molecule has 4 rings (SSSR count). The van der Waals surface area contributed by atoms with Gasteiger partial charge in [-0.25, -0.2) is 9.59 Å². The molecule has 0 radical (unpaired) electrons.